The summed E-state index contributed by atoms with van der Waals surface area (Å²) in [6.07, 6.45) is 1.62. The molecule has 0 atom stereocenters. The van der Waals surface area contributed by atoms with Gasteiger partial charge >= 0.3 is 5.97 Å². The van der Waals surface area contributed by atoms with Gasteiger partial charge in [-0.1, -0.05) is 29.3 Å². The topological polar surface area (TPSA) is 56.3 Å². The second-order valence-corrected chi connectivity index (χ2v) is 7.44. The van der Waals surface area contributed by atoms with Crippen molar-refractivity contribution < 1.29 is 14.3 Å². The minimum Gasteiger partial charge on any atom is -0.459 e. The molecule has 1 aromatic carbocycles. The van der Waals surface area contributed by atoms with Crippen LogP contribution in [0.3, 0.4) is 0 Å². The predicted octanol–water partition coefficient (Wildman–Crippen LogP) is 5.45. The molecule has 1 aliphatic rings. The van der Waals surface area contributed by atoms with Crippen LogP contribution in [0.2, 0.25) is 10.0 Å². The molecule has 1 heterocycles. The first-order chi connectivity index (χ1) is 12.3. The van der Waals surface area contributed by atoms with Crippen molar-refractivity contribution in [3.05, 3.63) is 50.8 Å². The highest BCUT2D eigenvalue weighted by Gasteiger charge is 2.30. The number of pyridine rings is 1. The zero-order chi connectivity index (χ0) is 19.0. The summed E-state index contributed by atoms with van der Waals surface area (Å²) in [5.74, 6) is -0.509. The van der Waals surface area contributed by atoms with E-state index < -0.39 is 5.97 Å². The Labute approximate surface area is 162 Å². The van der Waals surface area contributed by atoms with Gasteiger partial charge in [0.15, 0.2) is 5.78 Å². The molecule has 0 fully saturated rings. The van der Waals surface area contributed by atoms with Crippen LogP contribution in [0.4, 0.5) is 0 Å². The van der Waals surface area contributed by atoms with Crippen molar-refractivity contribution in [1.82, 2.24) is 4.98 Å². The van der Waals surface area contributed by atoms with Gasteiger partial charge in [0.05, 0.1) is 33.1 Å². The van der Waals surface area contributed by atoms with E-state index in [0.717, 1.165) is 12.1 Å². The Balaban J connectivity index is 2.33. The van der Waals surface area contributed by atoms with E-state index in [1.54, 1.807) is 39.0 Å². The SMILES string of the molecule is Cc1nc2c(c(-c3ccc(Cl)c(Cl)c3)c1C(=O)OC(C)C)C(=O)CCC2. The van der Waals surface area contributed by atoms with Gasteiger partial charge in [-0.25, -0.2) is 4.79 Å². The van der Waals surface area contributed by atoms with Crippen LogP contribution >= 0.6 is 23.2 Å². The van der Waals surface area contributed by atoms with E-state index in [1.165, 1.54) is 0 Å². The van der Waals surface area contributed by atoms with Crippen molar-refractivity contribution in [3.63, 3.8) is 0 Å². The van der Waals surface area contributed by atoms with Crippen molar-refractivity contribution in [2.24, 2.45) is 0 Å². The number of aryl methyl sites for hydroxylation is 2. The Morgan fingerprint density at radius 2 is 1.88 bits per heavy atom. The fraction of sp³-hybridized carbons (Fsp3) is 0.350. The first-order valence-corrected chi connectivity index (χ1v) is 9.28. The highest BCUT2D eigenvalue weighted by molar-refractivity contribution is 6.42. The van der Waals surface area contributed by atoms with Crippen molar-refractivity contribution in [1.29, 1.82) is 0 Å². The average Bonchev–Trinajstić information content (AvgIpc) is 2.55. The monoisotopic (exact) mass is 391 g/mol. The summed E-state index contributed by atoms with van der Waals surface area (Å²) in [5, 5.41) is 0.770. The zero-order valence-electron chi connectivity index (χ0n) is 14.9. The van der Waals surface area contributed by atoms with Gasteiger partial charge < -0.3 is 4.74 Å². The number of carbonyl (C=O) groups excluding carboxylic acids is 2. The summed E-state index contributed by atoms with van der Waals surface area (Å²) >= 11 is 12.2. The highest BCUT2D eigenvalue weighted by Crippen LogP contribution is 2.38. The number of halogens is 2. The first-order valence-electron chi connectivity index (χ1n) is 8.52. The van der Waals surface area contributed by atoms with Gasteiger partial charge in [0.1, 0.15) is 0 Å². The normalized spacial score (nSPS) is 13.7. The third-order valence-corrected chi connectivity index (χ3v) is 5.04. The van der Waals surface area contributed by atoms with E-state index in [4.69, 9.17) is 27.9 Å². The summed E-state index contributed by atoms with van der Waals surface area (Å²) in [6.45, 7) is 5.32. The quantitative estimate of drug-likeness (QED) is 0.652. The standard InChI is InChI=1S/C20H19Cl2NO3/c1-10(2)26-20(25)17-11(3)23-15-5-4-6-16(24)19(15)18(17)12-7-8-13(21)14(22)9-12/h7-10H,4-6H2,1-3H3. The van der Waals surface area contributed by atoms with Crippen molar-refractivity contribution in [2.45, 2.75) is 46.1 Å². The van der Waals surface area contributed by atoms with E-state index in [0.29, 0.717) is 50.8 Å². The van der Waals surface area contributed by atoms with Crippen LogP contribution in [0, 0.1) is 6.92 Å². The van der Waals surface area contributed by atoms with E-state index in [9.17, 15) is 9.59 Å². The number of fused-ring (bicyclic) bond motifs is 1. The molecular formula is C20H19Cl2NO3. The van der Waals surface area contributed by atoms with Crippen LogP contribution in [0.5, 0.6) is 0 Å². The smallest absolute Gasteiger partial charge is 0.340 e. The maximum Gasteiger partial charge on any atom is 0.340 e. The molecule has 26 heavy (non-hydrogen) atoms. The Kier molecular flexibility index (Phi) is 5.35. The number of esters is 1. The van der Waals surface area contributed by atoms with Gasteiger partial charge in [-0.15, -0.1) is 0 Å². The molecule has 0 N–H and O–H groups in total. The molecule has 0 aliphatic heterocycles. The van der Waals surface area contributed by atoms with Crippen molar-refractivity contribution in [3.8, 4) is 11.1 Å². The summed E-state index contributed by atoms with van der Waals surface area (Å²) in [5.41, 5.74) is 3.28. The minimum absolute atomic E-state index is 0.0154. The van der Waals surface area contributed by atoms with Gasteiger partial charge in [0.25, 0.3) is 0 Å². The molecule has 6 heteroatoms. The second-order valence-electron chi connectivity index (χ2n) is 6.63. The number of aromatic nitrogens is 1. The van der Waals surface area contributed by atoms with Gasteiger partial charge in [-0.05, 0) is 51.3 Å². The molecule has 0 radical (unpaired) electrons. The maximum atomic E-state index is 12.8. The maximum absolute atomic E-state index is 12.8. The Hall–Kier alpha value is -1.91. The lowest BCUT2D eigenvalue weighted by Crippen LogP contribution is -2.21. The van der Waals surface area contributed by atoms with Crippen LogP contribution in [0.25, 0.3) is 11.1 Å². The number of rotatable bonds is 3. The molecule has 1 aliphatic carbocycles. The number of hydrogen-bond acceptors (Lipinski definition) is 4. The fourth-order valence-corrected chi connectivity index (χ4v) is 3.55. The lowest BCUT2D eigenvalue weighted by molar-refractivity contribution is 0.0377. The first kappa shape index (κ1) is 18.9. The molecule has 0 spiro atoms. The number of carbonyl (C=O) groups is 2. The van der Waals surface area contributed by atoms with Gasteiger partial charge in [-0.2, -0.15) is 0 Å². The molecule has 2 aromatic rings. The lowest BCUT2D eigenvalue weighted by Gasteiger charge is -2.22. The number of ketones is 1. The van der Waals surface area contributed by atoms with Crippen LogP contribution in [0.15, 0.2) is 18.2 Å². The summed E-state index contributed by atoms with van der Waals surface area (Å²) in [7, 11) is 0. The van der Waals surface area contributed by atoms with Crippen LogP contribution in [-0.4, -0.2) is 22.8 Å². The molecule has 0 amide bonds. The van der Waals surface area contributed by atoms with Crippen molar-refractivity contribution in [2.75, 3.05) is 0 Å². The van der Waals surface area contributed by atoms with E-state index in [2.05, 4.69) is 4.98 Å². The number of nitrogens with zero attached hydrogens (tertiary/aromatic N) is 1. The van der Waals surface area contributed by atoms with Crippen LogP contribution in [-0.2, 0) is 11.2 Å². The molecule has 0 unspecified atom stereocenters. The average molecular weight is 392 g/mol. The van der Waals surface area contributed by atoms with E-state index >= 15 is 0 Å². The van der Waals surface area contributed by atoms with E-state index in [-0.39, 0.29) is 11.9 Å². The Morgan fingerprint density at radius 1 is 1.15 bits per heavy atom. The summed E-state index contributed by atoms with van der Waals surface area (Å²) in [4.78, 5) is 30.0. The lowest BCUT2D eigenvalue weighted by atomic mass is 9.85. The third kappa shape index (κ3) is 3.49. The molecule has 136 valence electrons. The van der Waals surface area contributed by atoms with Gasteiger partial charge in [0, 0.05) is 17.5 Å². The number of Topliss-reactive ketones (excluding diaryl/α,β-unsaturated/α-hetero) is 1. The zero-order valence-corrected chi connectivity index (χ0v) is 16.4. The molecule has 1 aromatic heterocycles. The number of hydrogen-bond donors (Lipinski definition) is 0. The second kappa shape index (κ2) is 7.37. The summed E-state index contributed by atoms with van der Waals surface area (Å²) in [6, 6.07) is 5.09. The summed E-state index contributed by atoms with van der Waals surface area (Å²) < 4.78 is 5.41. The van der Waals surface area contributed by atoms with Crippen LogP contribution in [0.1, 0.15) is 58.8 Å². The Bertz CT molecular complexity index is 906. The third-order valence-electron chi connectivity index (χ3n) is 4.30. The Morgan fingerprint density at radius 3 is 2.54 bits per heavy atom. The van der Waals surface area contributed by atoms with Crippen molar-refractivity contribution >= 4 is 35.0 Å². The minimum atomic E-state index is -0.493. The van der Waals surface area contributed by atoms with Crippen LogP contribution < -0.4 is 0 Å². The fourth-order valence-electron chi connectivity index (χ4n) is 3.25. The molecule has 0 saturated heterocycles. The molecule has 4 nitrogen and oxygen atoms in total. The highest BCUT2D eigenvalue weighted by atomic mass is 35.5. The largest absolute Gasteiger partial charge is 0.459 e. The predicted molar refractivity (Wildman–Crippen MR) is 102 cm³/mol. The van der Waals surface area contributed by atoms with Gasteiger partial charge in [-0.3, -0.25) is 9.78 Å². The molecule has 3 rings (SSSR count). The number of ether oxygens (including phenoxy) is 1. The number of benzene rings is 1. The molecular weight excluding hydrogens is 373 g/mol. The van der Waals surface area contributed by atoms with E-state index in [1.807, 2.05) is 0 Å². The molecule has 0 saturated carbocycles. The van der Waals surface area contributed by atoms with Gasteiger partial charge in [0.2, 0.25) is 0 Å². The molecule has 0 bridgehead atoms.